The van der Waals surface area contributed by atoms with Gasteiger partial charge in [0.1, 0.15) is 0 Å². The molecule has 128 valence electrons. The number of nitrogens with one attached hydrogen (secondary N) is 2. The monoisotopic (exact) mass is 355 g/mol. The van der Waals surface area contributed by atoms with Gasteiger partial charge in [0.2, 0.25) is 5.91 Å². The van der Waals surface area contributed by atoms with E-state index in [1.807, 2.05) is 30.5 Å². The molecule has 0 aliphatic carbocycles. The van der Waals surface area contributed by atoms with Crippen LogP contribution in [0.4, 0.5) is 5.69 Å². The number of para-hydroxylation sites is 1. The van der Waals surface area contributed by atoms with Crippen LogP contribution in [-0.2, 0) is 11.2 Å². The Bertz CT molecular complexity index is 947. The van der Waals surface area contributed by atoms with Crippen molar-refractivity contribution in [2.45, 2.75) is 6.42 Å². The molecule has 1 aromatic heterocycles. The Morgan fingerprint density at radius 1 is 1.16 bits per heavy atom. The molecule has 0 unspecified atom stereocenters. The lowest BCUT2D eigenvalue weighted by atomic mass is 10.1. The number of anilines is 1. The van der Waals surface area contributed by atoms with E-state index in [0.29, 0.717) is 16.3 Å². The molecule has 2 N–H and O–H groups in total. The zero-order valence-electron chi connectivity index (χ0n) is 14.0. The minimum absolute atomic E-state index is 0.146. The summed E-state index contributed by atoms with van der Waals surface area (Å²) < 4.78 is 0. The first-order valence-corrected chi connectivity index (χ1v) is 8.19. The minimum Gasteiger partial charge on any atom is -0.361 e. The van der Waals surface area contributed by atoms with Gasteiger partial charge in [-0.2, -0.15) is 0 Å². The Morgan fingerprint density at radius 2 is 1.92 bits per heavy atom. The van der Waals surface area contributed by atoms with Crippen LogP contribution >= 0.6 is 11.6 Å². The molecule has 0 saturated heterocycles. The van der Waals surface area contributed by atoms with Gasteiger partial charge in [-0.1, -0.05) is 29.8 Å². The predicted molar refractivity (Wildman–Crippen MR) is 100 cm³/mol. The highest BCUT2D eigenvalue weighted by atomic mass is 35.5. The van der Waals surface area contributed by atoms with Gasteiger partial charge in [-0.05, 0) is 29.8 Å². The molecule has 0 aliphatic rings. The van der Waals surface area contributed by atoms with Crippen LogP contribution in [0.1, 0.15) is 15.9 Å². The lowest BCUT2D eigenvalue weighted by Crippen LogP contribution is -2.22. The zero-order chi connectivity index (χ0) is 18.0. The topological polar surface area (TPSA) is 65.2 Å². The van der Waals surface area contributed by atoms with Gasteiger partial charge < -0.3 is 15.2 Å². The van der Waals surface area contributed by atoms with Gasteiger partial charge in [-0.3, -0.25) is 9.59 Å². The highest BCUT2D eigenvalue weighted by molar-refractivity contribution is 6.34. The standard InChI is InChI=1S/C19H18ClN3O2/c1-23(2)19(25)15-8-7-13(10-16(15)20)22-18(24)9-12-11-21-17-6-4-3-5-14(12)17/h3-8,10-11,21H,9H2,1-2H3,(H,22,24). The molecule has 1 heterocycles. The molecule has 0 bridgehead atoms. The maximum Gasteiger partial charge on any atom is 0.254 e. The smallest absolute Gasteiger partial charge is 0.254 e. The van der Waals surface area contributed by atoms with E-state index in [-0.39, 0.29) is 18.2 Å². The molecule has 0 spiro atoms. The van der Waals surface area contributed by atoms with Gasteiger partial charge in [0.15, 0.2) is 0 Å². The number of carbonyl (C=O) groups is 2. The molecule has 0 saturated carbocycles. The second-order valence-corrected chi connectivity index (χ2v) is 6.39. The highest BCUT2D eigenvalue weighted by Crippen LogP contribution is 2.23. The van der Waals surface area contributed by atoms with E-state index in [1.54, 1.807) is 32.3 Å². The van der Waals surface area contributed by atoms with Gasteiger partial charge in [0.05, 0.1) is 17.0 Å². The number of fused-ring (bicyclic) bond motifs is 1. The molecule has 0 atom stereocenters. The zero-order valence-corrected chi connectivity index (χ0v) is 14.7. The average molecular weight is 356 g/mol. The van der Waals surface area contributed by atoms with Crippen molar-refractivity contribution in [3.63, 3.8) is 0 Å². The molecule has 5 nitrogen and oxygen atoms in total. The van der Waals surface area contributed by atoms with Crippen LogP contribution in [0.25, 0.3) is 10.9 Å². The van der Waals surface area contributed by atoms with Crippen LogP contribution in [0.2, 0.25) is 5.02 Å². The molecule has 25 heavy (non-hydrogen) atoms. The summed E-state index contributed by atoms with van der Waals surface area (Å²) in [6, 6.07) is 12.7. The molecule has 3 aromatic rings. The number of aromatic amines is 1. The number of benzene rings is 2. The van der Waals surface area contributed by atoms with Crippen molar-refractivity contribution >= 4 is 40.0 Å². The fraction of sp³-hybridized carbons (Fsp3) is 0.158. The van der Waals surface area contributed by atoms with Crippen molar-refractivity contribution in [1.29, 1.82) is 0 Å². The Kier molecular flexibility index (Phi) is 4.76. The first-order valence-electron chi connectivity index (χ1n) is 7.82. The van der Waals surface area contributed by atoms with E-state index < -0.39 is 0 Å². The second-order valence-electron chi connectivity index (χ2n) is 5.98. The molecule has 6 heteroatoms. The van der Waals surface area contributed by atoms with Crippen molar-refractivity contribution in [2.75, 3.05) is 19.4 Å². The van der Waals surface area contributed by atoms with Crippen LogP contribution in [0.5, 0.6) is 0 Å². The predicted octanol–water partition coefficient (Wildman–Crippen LogP) is 3.70. The Balaban J connectivity index is 1.73. The van der Waals surface area contributed by atoms with Crippen molar-refractivity contribution in [3.05, 3.63) is 64.8 Å². The van der Waals surface area contributed by atoms with Gasteiger partial charge in [-0.15, -0.1) is 0 Å². The van der Waals surface area contributed by atoms with Gasteiger partial charge in [0, 0.05) is 36.9 Å². The first-order chi connectivity index (χ1) is 12.0. The van der Waals surface area contributed by atoms with Crippen LogP contribution in [0, 0.1) is 0 Å². The van der Waals surface area contributed by atoms with Gasteiger partial charge >= 0.3 is 0 Å². The summed E-state index contributed by atoms with van der Waals surface area (Å²) >= 11 is 6.17. The van der Waals surface area contributed by atoms with E-state index in [4.69, 9.17) is 11.6 Å². The minimum atomic E-state index is -0.179. The number of carbonyl (C=O) groups excluding carboxylic acids is 2. The van der Waals surface area contributed by atoms with Crippen LogP contribution in [0.15, 0.2) is 48.7 Å². The quantitative estimate of drug-likeness (QED) is 0.749. The number of aromatic nitrogens is 1. The number of rotatable bonds is 4. The summed E-state index contributed by atoms with van der Waals surface area (Å²) in [6.45, 7) is 0. The largest absolute Gasteiger partial charge is 0.361 e. The molecule has 0 fully saturated rings. The normalized spacial score (nSPS) is 10.7. The summed E-state index contributed by atoms with van der Waals surface area (Å²) in [6.07, 6.45) is 2.09. The van der Waals surface area contributed by atoms with Crippen LogP contribution in [-0.4, -0.2) is 35.8 Å². The third-order valence-corrected chi connectivity index (χ3v) is 4.23. The van der Waals surface area contributed by atoms with Gasteiger partial charge in [-0.25, -0.2) is 0 Å². The average Bonchev–Trinajstić information content (AvgIpc) is 2.97. The lowest BCUT2D eigenvalue weighted by molar-refractivity contribution is -0.115. The van der Waals surface area contributed by atoms with E-state index >= 15 is 0 Å². The highest BCUT2D eigenvalue weighted by Gasteiger charge is 2.14. The Hall–Kier alpha value is -2.79. The Morgan fingerprint density at radius 3 is 2.64 bits per heavy atom. The van der Waals surface area contributed by atoms with E-state index in [9.17, 15) is 9.59 Å². The lowest BCUT2D eigenvalue weighted by Gasteiger charge is -2.12. The molecule has 2 aromatic carbocycles. The van der Waals surface area contributed by atoms with Crippen molar-refractivity contribution in [2.24, 2.45) is 0 Å². The molecular weight excluding hydrogens is 338 g/mol. The van der Waals surface area contributed by atoms with Crippen molar-refractivity contribution in [1.82, 2.24) is 9.88 Å². The number of hydrogen-bond acceptors (Lipinski definition) is 2. The summed E-state index contributed by atoms with van der Waals surface area (Å²) in [4.78, 5) is 28.9. The summed E-state index contributed by atoms with van der Waals surface area (Å²) in [5, 5.41) is 4.16. The molecular formula is C19H18ClN3O2. The maximum atomic E-state index is 12.3. The summed E-state index contributed by atoms with van der Waals surface area (Å²) in [5.41, 5.74) is 2.89. The van der Waals surface area contributed by atoms with E-state index in [1.165, 1.54) is 4.90 Å². The number of amides is 2. The molecule has 0 radical (unpaired) electrons. The third-order valence-electron chi connectivity index (χ3n) is 3.92. The summed E-state index contributed by atoms with van der Waals surface area (Å²) in [5.74, 6) is -0.325. The third kappa shape index (κ3) is 3.67. The maximum absolute atomic E-state index is 12.3. The van der Waals surface area contributed by atoms with E-state index in [2.05, 4.69) is 10.3 Å². The molecule has 2 amide bonds. The van der Waals surface area contributed by atoms with Crippen molar-refractivity contribution < 1.29 is 9.59 Å². The number of halogens is 1. The second kappa shape index (κ2) is 6.99. The van der Waals surface area contributed by atoms with E-state index in [0.717, 1.165) is 16.5 Å². The Labute approximate surface area is 150 Å². The van der Waals surface area contributed by atoms with Gasteiger partial charge in [0.25, 0.3) is 5.91 Å². The number of hydrogen-bond donors (Lipinski definition) is 2. The SMILES string of the molecule is CN(C)C(=O)c1ccc(NC(=O)Cc2c[nH]c3ccccc23)cc1Cl. The molecule has 3 rings (SSSR count). The van der Waals surface area contributed by atoms with Crippen molar-refractivity contribution in [3.8, 4) is 0 Å². The fourth-order valence-corrected chi connectivity index (χ4v) is 2.92. The first kappa shape index (κ1) is 17.0. The fourth-order valence-electron chi connectivity index (χ4n) is 2.66. The summed E-state index contributed by atoms with van der Waals surface area (Å²) in [7, 11) is 3.32. The molecule has 0 aliphatic heterocycles. The van der Waals surface area contributed by atoms with Crippen LogP contribution < -0.4 is 5.32 Å². The number of nitrogens with zero attached hydrogens (tertiary/aromatic N) is 1. The number of H-pyrrole nitrogens is 1. The van der Waals surface area contributed by atoms with Crippen LogP contribution in [0.3, 0.4) is 0 Å².